The highest BCUT2D eigenvalue weighted by atomic mass is 32.3. The van der Waals surface area contributed by atoms with Crippen LogP contribution in [0.5, 0.6) is 0 Å². The zero-order valence-electron chi connectivity index (χ0n) is 42.7. The molecule has 0 radical (unpaired) electrons. The third-order valence-corrected chi connectivity index (χ3v) is 12.6. The molecule has 1 fully saturated rings. The minimum absolute atomic E-state index is 0.0134. The first kappa shape index (κ1) is 63.8. The SMILES string of the molecule is CC/C=C\C/C=C\C/C=C\C/C=C\CCCCCOCC(COC1OC(CO)C(O)C(OS(=O)(=O)O)C1O)OC(=O)CCCCCCCCCCCCCCC/C=C\CCCCCCCCCC. The van der Waals surface area contributed by atoms with Crippen molar-refractivity contribution in [3.8, 4) is 0 Å². The molecule has 0 saturated carbocycles. The molecule has 4 N–H and O–H groups in total. The number of carbonyl (C=O) groups is 1. The van der Waals surface area contributed by atoms with Crippen molar-refractivity contribution in [3.05, 3.63) is 60.8 Å². The molecule has 0 spiro atoms. The highest BCUT2D eigenvalue weighted by molar-refractivity contribution is 7.80. The molecular formula is C55H98O12S. The fourth-order valence-corrected chi connectivity index (χ4v) is 8.58. The summed E-state index contributed by atoms with van der Waals surface area (Å²) in [5.41, 5.74) is 0. The summed E-state index contributed by atoms with van der Waals surface area (Å²) in [5.74, 6) is -0.410. The number of unbranched alkanes of at least 4 members (excludes halogenated alkanes) is 24. The predicted molar refractivity (Wildman–Crippen MR) is 276 cm³/mol. The molecule has 0 aromatic rings. The standard InChI is InChI=1S/C55H98O12S/c1-3-5-7-9-11-13-15-17-19-21-22-23-24-25-26-27-28-29-30-32-34-36-38-40-42-44-51(57)65-49(48-64-55-53(59)54(67-68(60,61)62)52(58)50(46-56)66-55)47-63-45-43-41-39-37-35-33-31-20-18-16-14-12-10-8-6-4-2/h6,8,12,14,18,20-22,33,35,49-50,52-56,58-59H,3-5,7,9-11,13,15-17,19,23-32,34,36-48H2,1-2H3,(H,60,61,62)/b8-6-,14-12-,20-18-,22-21-,35-33-. The Morgan fingerprint density at radius 2 is 1.01 bits per heavy atom. The van der Waals surface area contributed by atoms with Crippen LogP contribution in [0.1, 0.15) is 219 Å². The van der Waals surface area contributed by atoms with Crippen molar-refractivity contribution in [2.24, 2.45) is 0 Å². The maximum absolute atomic E-state index is 12.9. The lowest BCUT2D eigenvalue weighted by atomic mass is 9.99. The number of hydrogen-bond donors (Lipinski definition) is 4. The number of allylic oxidation sites excluding steroid dienone is 10. The average molecular weight is 983 g/mol. The van der Waals surface area contributed by atoms with Crippen molar-refractivity contribution in [3.63, 3.8) is 0 Å². The maximum Gasteiger partial charge on any atom is 0.397 e. The van der Waals surface area contributed by atoms with Crippen molar-refractivity contribution in [1.82, 2.24) is 0 Å². The largest absolute Gasteiger partial charge is 0.457 e. The Hall–Kier alpha value is -2.20. The Morgan fingerprint density at radius 3 is 1.50 bits per heavy atom. The zero-order valence-corrected chi connectivity index (χ0v) is 43.5. The van der Waals surface area contributed by atoms with Gasteiger partial charge in [0.05, 0.1) is 19.8 Å². The summed E-state index contributed by atoms with van der Waals surface area (Å²) in [4.78, 5) is 12.9. The van der Waals surface area contributed by atoms with Crippen LogP contribution in [0.15, 0.2) is 60.8 Å². The van der Waals surface area contributed by atoms with Crippen LogP contribution in [0, 0.1) is 0 Å². The number of aliphatic hydroxyl groups excluding tert-OH is 3. The maximum atomic E-state index is 12.9. The molecule has 6 unspecified atom stereocenters. The van der Waals surface area contributed by atoms with Gasteiger partial charge in [0.15, 0.2) is 6.29 Å². The lowest BCUT2D eigenvalue weighted by Gasteiger charge is -2.41. The minimum atomic E-state index is -5.07. The second kappa shape index (κ2) is 45.9. The van der Waals surface area contributed by atoms with Crippen molar-refractivity contribution in [2.45, 2.75) is 256 Å². The summed E-state index contributed by atoms with van der Waals surface area (Å²) in [5, 5.41) is 30.8. The molecule has 0 aromatic heterocycles. The van der Waals surface area contributed by atoms with Crippen LogP contribution in [0.2, 0.25) is 0 Å². The molecule has 6 atom stereocenters. The molecule has 0 aromatic carbocycles. The van der Waals surface area contributed by atoms with Crippen LogP contribution in [0.4, 0.5) is 0 Å². The van der Waals surface area contributed by atoms with E-state index in [1.807, 2.05) is 0 Å². The molecule has 1 aliphatic rings. The normalized spacial score (nSPS) is 19.8. The molecule has 13 heteroatoms. The molecule has 0 aliphatic carbocycles. The Morgan fingerprint density at radius 1 is 0.574 bits per heavy atom. The second-order valence-corrected chi connectivity index (χ2v) is 19.5. The first-order chi connectivity index (χ1) is 33.1. The van der Waals surface area contributed by atoms with E-state index in [9.17, 15) is 33.1 Å². The van der Waals surface area contributed by atoms with Gasteiger partial charge in [-0.25, -0.2) is 4.18 Å². The van der Waals surface area contributed by atoms with Gasteiger partial charge in [0.1, 0.15) is 30.5 Å². The molecule has 68 heavy (non-hydrogen) atoms. The minimum Gasteiger partial charge on any atom is -0.457 e. The molecule has 1 saturated heterocycles. The Bertz CT molecular complexity index is 1410. The third kappa shape index (κ3) is 38.5. The fourth-order valence-electron chi connectivity index (χ4n) is 8.07. The zero-order chi connectivity index (χ0) is 49.6. The van der Waals surface area contributed by atoms with Gasteiger partial charge in [-0.1, -0.05) is 197 Å². The van der Waals surface area contributed by atoms with Crippen molar-refractivity contribution in [1.29, 1.82) is 0 Å². The van der Waals surface area contributed by atoms with Crippen LogP contribution >= 0.6 is 0 Å². The molecular weight excluding hydrogens is 885 g/mol. The predicted octanol–water partition coefficient (Wildman–Crippen LogP) is 12.9. The number of hydrogen-bond acceptors (Lipinski definition) is 11. The van der Waals surface area contributed by atoms with Crippen LogP contribution < -0.4 is 0 Å². The van der Waals surface area contributed by atoms with Gasteiger partial charge in [0.2, 0.25) is 0 Å². The van der Waals surface area contributed by atoms with Gasteiger partial charge >= 0.3 is 16.4 Å². The van der Waals surface area contributed by atoms with Gasteiger partial charge in [0, 0.05) is 13.0 Å². The van der Waals surface area contributed by atoms with E-state index in [4.69, 9.17) is 18.9 Å². The Labute approximate surface area is 414 Å². The van der Waals surface area contributed by atoms with Crippen LogP contribution in [-0.4, -0.2) is 97.5 Å². The number of ether oxygens (including phenoxy) is 4. The van der Waals surface area contributed by atoms with Gasteiger partial charge in [0.25, 0.3) is 0 Å². The van der Waals surface area contributed by atoms with E-state index >= 15 is 0 Å². The summed E-state index contributed by atoms with van der Waals surface area (Å²) < 4.78 is 59.2. The van der Waals surface area contributed by atoms with Gasteiger partial charge < -0.3 is 34.3 Å². The van der Waals surface area contributed by atoms with Crippen LogP contribution in [-0.2, 0) is 38.3 Å². The Kier molecular flexibility index (Phi) is 43.1. The van der Waals surface area contributed by atoms with E-state index in [1.165, 1.54) is 122 Å². The molecule has 1 rings (SSSR count). The van der Waals surface area contributed by atoms with E-state index in [1.54, 1.807) is 0 Å². The van der Waals surface area contributed by atoms with E-state index in [0.717, 1.165) is 70.6 Å². The van der Waals surface area contributed by atoms with Gasteiger partial charge in [-0.05, 0) is 77.0 Å². The first-order valence-electron chi connectivity index (χ1n) is 27.0. The monoisotopic (exact) mass is 983 g/mol. The van der Waals surface area contributed by atoms with Crippen molar-refractivity contribution in [2.75, 3.05) is 26.4 Å². The van der Waals surface area contributed by atoms with Crippen LogP contribution in [0.25, 0.3) is 0 Å². The molecule has 0 amide bonds. The number of esters is 1. The fraction of sp³-hybridized carbons (Fsp3) is 0.800. The summed E-state index contributed by atoms with van der Waals surface area (Å²) >= 11 is 0. The number of aliphatic hydroxyl groups is 3. The second-order valence-electron chi connectivity index (χ2n) is 18.4. The van der Waals surface area contributed by atoms with Gasteiger partial charge in [-0.3, -0.25) is 9.35 Å². The molecule has 1 heterocycles. The summed E-state index contributed by atoms with van der Waals surface area (Å²) in [6, 6.07) is 0. The van der Waals surface area contributed by atoms with E-state index in [0.29, 0.717) is 13.0 Å². The number of rotatable bonds is 47. The lowest BCUT2D eigenvalue weighted by molar-refractivity contribution is -0.301. The van der Waals surface area contributed by atoms with Crippen molar-refractivity contribution >= 4 is 16.4 Å². The molecule has 1 aliphatic heterocycles. The average Bonchev–Trinajstić information content (AvgIpc) is 3.31. The van der Waals surface area contributed by atoms with Gasteiger partial charge in [-0.2, -0.15) is 8.42 Å². The Balaban J connectivity index is 2.32. The van der Waals surface area contributed by atoms with Gasteiger partial charge in [-0.15, -0.1) is 0 Å². The summed E-state index contributed by atoms with van der Waals surface area (Å²) in [6.07, 6.45) is 49.8. The summed E-state index contributed by atoms with van der Waals surface area (Å²) in [6.45, 7) is 3.82. The third-order valence-electron chi connectivity index (χ3n) is 12.1. The quantitative estimate of drug-likeness (QED) is 0.0197. The highest BCUT2D eigenvalue weighted by Gasteiger charge is 2.48. The number of carbonyl (C=O) groups excluding carboxylic acids is 1. The highest BCUT2D eigenvalue weighted by Crippen LogP contribution is 2.26. The van der Waals surface area contributed by atoms with E-state index in [-0.39, 0.29) is 19.6 Å². The van der Waals surface area contributed by atoms with Crippen LogP contribution in [0.3, 0.4) is 0 Å². The molecule has 12 nitrogen and oxygen atoms in total. The first-order valence-corrected chi connectivity index (χ1v) is 28.4. The molecule has 0 bridgehead atoms. The van der Waals surface area contributed by atoms with Crippen molar-refractivity contribution < 1.29 is 56.2 Å². The lowest BCUT2D eigenvalue weighted by Crippen LogP contribution is -2.60. The molecule has 396 valence electrons. The smallest absolute Gasteiger partial charge is 0.397 e. The van der Waals surface area contributed by atoms with E-state index < -0.39 is 59.8 Å². The van der Waals surface area contributed by atoms with E-state index in [2.05, 4.69) is 78.8 Å². The topological polar surface area (TPSA) is 178 Å². The summed E-state index contributed by atoms with van der Waals surface area (Å²) in [7, 11) is -5.07.